The number of nitrogens with zero attached hydrogens (tertiary/aromatic N) is 2. The number of hydrogen-bond donors (Lipinski definition) is 1. The molecule has 112 valence electrons. The van der Waals surface area contributed by atoms with E-state index in [4.69, 9.17) is 16.0 Å². The highest BCUT2D eigenvalue weighted by atomic mass is 79.9. The number of rotatable bonds is 4. The zero-order valence-electron chi connectivity index (χ0n) is 11.8. The first kappa shape index (κ1) is 15.1. The Hall–Kier alpha value is -1.85. The van der Waals surface area contributed by atoms with Crippen molar-refractivity contribution in [3.05, 3.63) is 63.4 Å². The van der Waals surface area contributed by atoms with Crippen molar-refractivity contribution >= 4 is 33.2 Å². The molecule has 0 aliphatic carbocycles. The molecule has 0 saturated carbocycles. The minimum absolute atomic E-state index is 0.464. The largest absolute Gasteiger partial charge is 0.419 e. The Morgan fingerprint density at radius 2 is 2.05 bits per heavy atom. The number of anilines is 1. The van der Waals surface area contributed by atoms with Gasteiger partial charge < -0.3 is 9.73 Å². The third kappa shape index (κ3) is 3.48. The van der Waals surface area contributed by atoms with Crippen molar-refractivity contribution in [1.82, 2.24) is 10.2 Å². The highest BCUT2D eigenvalue weighted by Gasteiger charge is 2.09. The highest BCUT2D eigenvalue weighted by Crippen LogP contribution is 2.23. The van der Waals surface area contributed by atoms with Gasteiger partial charge in [0.05, 0.1) is 6.54 Å². The van der Waals surface area contributed by atoms with E-state index in [9.17, 15) is 0 Å². The maximum Gasteiger partial charge on any atom is 0.247 e. The average molecular weight is 379 g/mol. The van der Waals surface area contributed by atoms with E-state index in [0.717, 1.165) is 21.3 Å². The van der Waals surface area contributed by atoms with E-state index in [2.05, 4.69) is 37.5 Å². The van der Waals surface area contributed by atoms with Gasteiger partial charge in [-0.2, -0.15) is 0 Å². The van der Waals surface area contributed by atoms with Gasteiger partial charge >= 0.3 is 0 Å². The summed E-state index contributed by atoms with van der Waals surface area (Å²) in [5, 5.41) is 12.0. The molecule has 22 heavy (non-hydrogen) atoms. The molecule has 0 amide bonds. The lowest BCUT2D eigenvalue weighted by atomic mass is 10.2. The zero-order valence-corrected chi connectivity index (χ0v) is 14.1. The fourth-order valence-electron chi connectivity index (χ4n) is 2.00. The summed E-state index contributed by atoms with van der Waals surface area (Å²) in [4.78, 5) is 0. The lowest BCUT2D eigenvalue weighted by molar-refractivity contribution is 0.515. The summed E-state index contributed by atoms with van der Waals surface area (Å²) < 4.78 is 6.73. The topological polar surface area (TPSA) is 51.0 Å². The van der Waals surface area contributed by atoms with Crippen molar-refractivity contribution in [3.63, 3.8) is 0 Å². The number of halogens is 2. The van der Waals surface area contributed by atoms with Crippen molar-refractivity contribution in [1.29, 1.82) is 0 Å². The standard InChI is InChI=1S/C16H13BrClN3O/c1-10-7-13(5-6-14(10)17)19-9-15-20-21-16(22-15)11-3-2-4-12(18)8-11/h2-8,19H,9H2,1H3. The molecule has 6 heteroatoms. The quantitative estimate of drug-likeness (QED) is 0.688. The van der Waals surface area contributed by atoms with Crippen LogP contribution in [0.1, 0.15) is 11.5 Å². The van der Waals surface area contributed by atoms with Gasteiger partial charge in [-0.15, -0.1) is 10.2 Å². The molecule has 0 radical (unpaired) electrons. The Morgan fingerprint density at radius 3 is 2.82 bits per heavy atom. The van der Waals surface area contributed by atoms with Gasteiger partial charge in [-0.25, -0.2) is 0 Å². The van der Waals surface area contributed by atoms with Crippen molar-refractivity contribution in [2.45, 2.75) is 13.5 Å². The molecule has 2 aromatic carbocycles. The molecule has 1 aromatic heterocycles. The van der Waals surface area contributed by atoms with Crippen LogP contribution in [0.3, 0.4) is 0 Å². The Labute approximate surface area is 141 Å². The molecule has 0 spiro atoms. The van der Waals surface area contributed by atoms with E-state index < -0.39 is 0 Å². The van der Waals surface area contributed by atoms with Crippen molar-refractivity contribution in [2.75, 3.05) is 5.32 Å². The minimum atomic E-state index is 0.464. The minimum Gasteiger partial charge on any atom is -0.419 e. The normalized spacial score (nSPS) is 10.7. The molecule has 0 aliphatic rings. The van der Waals surface area contributed by atoms with E-state index >= 15 is 0 Å². The Bertz CT molecular complexity index is 804. The number of aromatic nitrogens is 2. The summed E-state index contributed by atoms with van der Waals surface area (Å²) >= 11 is 9.45. The van der Waals surface area contributed by atoms with Gasteiger partial charge in [-0.1, -0.05) is 33.6 Å². The van der Waals surface area contributed by atoms with Crippen molar-refractivity contribution < 1.29 is 4.42 Å². The van der Waals surface area contributed by atoms with Crippen LogP contribution in [0.15, 0.2) is 51.4 Å². The number of nitrogens with one attached hydrogen (secondary N) is 1. The molecule has 3 rings (SSSR count). The number of benzene rings is 2. The van der Waals surface area contributed by atoms with Gasteiger partial charge in [0.1, 0.15) is 0 Å². The van der Waals surface area contributed by atoms with Crippen LogP contribution in [0.5, 0.6) is 0 Å². The zero-order chi connectivity index (χ0) is 15.5. The van der Waals surface area contributed by atoms with Crippen LogP contribution in [0.25, 0.3) is 11.5 Å². The summed E-state index contributed by atoms with van der Waals surface area (Å²) in [6, 6.07) is 13.4. The van der Waals surface area contributed by atoms with Crippen molar-refractivity contribution in [3.8, 4) is 11.5 Å². The summed E-state index contributed by atoms with van der Waals surface area (Å²) in [5.74, 6) is 0.988. The predicted molar refractivity (Wildman–Crippen MR) is 90.9 cm³/mol. The van der Waals surface area contributed by atoms with Gasteiger partial charge in [0.2, 0.25) is 11.8 Å². The summed E-state index contributed by atoms with van der Waals surface area (Å²) in [5.41, 5.74) is 2.98. The Morgan fingerprint density at radius 1 is 1.18 bits per heavy atom. The molecule has 4 nitrogen and oxygen atoms in total. The summed E-state index contributed by atoms with van der Waals surface area (Å²) in [7, 11) is 0. The maximum absolute atomic E-state index is 5.96. The second kappa shape index (κ2) is 6.50. The van der Waals surface area contributed by atoms with Gasteiger partial charge in [0.15, 0.2) is 0 Å². The van der Waals surface area contributed by atoms with Crippen LogP contribution >= 0.6 is 27.5 Å². The Kier molecular flexibility index (Phi) is 4.45. The SMILES string of the molecule is Cc1cc(NCc2nnc(-c3cccc(Cl)c3)o2)ccc1Br. The summed E-state index contributed by atoms with van der Waals surface area (Å²) in [6.07, 6.45) is 0. The molecule has 0 unspecified atom stereocenters. The van der Waals surface area contributed by atoms with E-state index in [0.29, 0.717) is 23.3 Å². The van der Waals surface area contributed by atoms with E-state index in [1.807, 2.05) is 31.2 Å². The second-order valence-corrected chi connectivity index (χ2v) is 6.12. The molecule has 0 atom stereocenters. The first-order valence-electron chi connectivity index (χ1n) is 6.70. The second-order valence-electron chi connectivity index (χ2n) is 4.83. The molecule has 1 N–H and O–H groups in total. The first-order valence-corrected chi connectivity index (χ1v) is 7.87. The molecule has 0 fully saturated rings. The van der Waals surface area contributed by atoms with Crippen LogP contribution < -0.4 is 5.32 Å². The van der Waals surface area contributed by atoms with Crippen LogP contribution in [0.2, 0.25) is 5.02 Å². The first-order chi connectivity index (χ1) is 10.6. The molecule has 0 saturated heterocycles. The predicted octanol–water partition coefficient (Wildman–Crippen LogP) is 5.07. The Balaban J connectivity index is 1.70. The molecule has 0 bridgehead atoms. The van der Waals surface area contributed by atoms with Crippen molar-refractivity contribution in [2.24, 2.45) is 0 Å². The van der Waals surface area contributed by atoms with Crippen LogP contribution in [0, 0.1) is 6.92 Å². The molecule has 1 heterocycles. The van der Waals surface area contributed by atoms with Gasteiger partial charge in [-0.05, 0) is 48.9 Å². The van der Waals surface area contributed by atoms with Gasteiger partial charge in [0, 0.05) is 20.7 Å². The maximum atomic E-state index is 5.96. The fourth-order valence-corrected chi connectivity index (χ4v) is 2.43. The van der Waals surface area contributed by atoms with Gasteiger partial charge in [0.25, 0.3) is 0 Å². The molecule has 0 aliphatic heterocycles. The third-order valence-corrected chi connectivity index (χ3v) is 4.26. The lowest BCUT2D eigenvalue weighted by Gasteiger charge is -2.05. The van der Waals surface area contributed by atoms with Crippen LogP contribution in [0.4, 0.5) is 5.69 Å². The average Bonchev–Trinajstić information content (AvgIpc) is 2.97. The molecule has 3 aromatic rings. The monoisotopic (exact) mass is 377 g/mol. The van der Waals surface area contributed by atoms with E-state index in [1.54, 1.807) is 12.1 Å². The smallest absolute Gasteiger partial charge is 0.247 e. The van der Waals surface area contributed by atoms with Gasteiger partial charge in [-0.3, -0.25) is 0 Å². The highest BCUT2D eigenvalue weighted by molar-refractivity contribution is 9.10. The number of hydrogen-bond acceptors (Lipinski definition) is 4. The van der Waals surface area contributed by atoms with E-state index in [-0.39, 0.29) is 0 Å². The lowest BCUT2D eigenvalue weighted by Crippen LogP contribution is -1.99. The third-order valence-electron chi connectivity index (χ3n) is 3.14. The van der Waals surface area contributed by atoms with Crippen LogP contribution in [-0.2, 0) is 6.54 Å². The molecular formula is C16H13BrClN3O. The fraction of sp³-hybridized carbons (Fsp3) is 0.125. The number of aryl methyl sites for hydroxylation is 1. The summed E-state index contributed by atoms with van der Waals surface area (Å²) in [6.45, 7) is 2.51. The molecular weight excluding hydrogens is 366 g/mol. The van der Waals surface area contributed by atoms with Crippen LogP contribution in [-0.4, -0.2) is 10.2 Å². The van der Waals surface area contributed by atoms with E-state index in [1.165, 1.54) is 0 Å².